The molecule has 208 valence electrons. The van der Waals surface area contributed by atoms with E-state index in [-0.39, 0.29) is 23.9 Å². The van der Waals surface area contributed by atoms with Gasteiger partial charge in [0.25, 0.3) is 5.91 Å². The molecule has 0 unspecified atom stereocenters. The summed E-state index contributed by atoms with van der Waals surface area (Å²) in [4.78, 5) is 16.6. The van der Waals surface area contributed by atoms with Crippen molar-refractivity contribution in [3.8, 4) is 0 Å². The Balaban J connectivity index is 1.66. The van der Waals surface area contributed by atoms with Crippen LogP contribution in [0.25, 0.3) is 0 Å². The summed E-state index contributed by atoms with van der Waals surface area (Å²) in [5.41, 5.74) is -4.91. The summed E-state index contributed by atoms with van der Waals surface area (Å²) in [6, 6.07) is 12.1. The molecule has 0 radical (unpaired) electrons. The first kappa shape index (κ1) is 28.1. The van der Waals surface area contributed by atoms with Gasteiger partial charge in [0, 0.05) is 37.4 Å². The molecule has 13 heteroatoms. The zero-order chi connectivity index (χ0) is 28.6. The quantitative estimate of drug-likeness (QED) is 0.339. The van der Waals surface area contributed by atoms with Crippen LogP contribution in [0.2, 0.25) is 0 Å². The third-order valence-electron chi connectivity index (χ3n) is 6.16. The lowest BCUT2D eigenvalue weighted by Crippen LogP contribution is -2.46. The molecule has 1 saturated heterocycles. The number of rotatable bonds is 4. The van der Waals surface area contributed by atoms with E-state index in [9.17, 15) is 44.3 Å². The Labute approximate surface area is 216 Å². The highest BCUT2D eigenvalue weighted by Gasteiger charge is 2.38. The topological polar surface area (TPSA) is 35.6 Å². The Kier molecular flexibility index (Phi) is 7.46. The predicted octanol–water partition coefficient (Wildman–Crippen LogP) is 7.32. The van der Waals surface area contributed by atoms with Crippen LogP contribution < -0.4 is 15.1 Å². The Hall–Kier alpha value is -3.90. The van der Waals surface area contributed by atoms with Gasteiger partial charge in [-0.15, -0.1) is 0 Å². The Morgan fingerprint density at radius 1 is 0.615 bits per heavy atom. The smallest absolute Gasteiger partial charge is 0.368 e. The number of nitrogens with zero attached hydrogens (tertiary/aromatic N) is 2. The van der Waals surface area contributed by atoms with Crippen LogP contribution in [-0.2, 0) is 18.5 Å². The molecule has 39 heavy (non-hydrogen) atoms. The maximum Gasteiger partial charge on any atom is 0.416 e. The fourth-order valence-electron chi connectivity index (χ4n) is 4.21. The molecule has 1 fully saturated rings. The maximum atomic E-state index is 13.4. The minimum atomic E-state index is -5.20. The molecular formula is C26H20F9N3O. The van der Waals surface area contributed by atoms with E-state index in [4.69, 9.17) is 0 Å². The Bertz CT molecular complexity index is 1290. The van der Waals surface area contributed by atoms with E-state index in [1.54, 1.807) is 4.90 Å². The first-order valence-corrected chi connectivity index (χ1v) is 11.5. The highest BCUT2D eigenvalue weighted by atomic mass is 19.4. The van der Waals surface area contributed by atoms with Gasteiger partial charge in [-0.3, -0.25) is 4.79 Å². The lowest BCUT2D eigenvalue weighted by molar-refractivity contribution is -0.143. The average molecular weight is 561 g/mol. The van der Waals surface area contributed by atoms with E-state index in [0.29, 0.717) is 32.2 Å². The molecule has 3 aromatic rings. The van der Waals surface area contributed by atoms with Crippen LogP contribution in [0.1, 0.15) is 27.0 Å². The lowest BCUT2D eigenvalue weighted by atomic mass is 10.0. The molecule has 0 spiro atoms. The van der Waals surface area contributed by atoms with Crippen molar-refractivity contribution in [3.63, 3.8) is 0 Å². The summed E-state index contributed by atoms with van der Waals surface area (Å²) in [6.07, 6.45) is -15.2. The molecule has 0 saturated carbocycles. The van der Waals surface area contributed by atoms with Crippen molar-refractivity contribution in [3.05, 3.63) is 89.0 Å². The minimum absolute atomic E-state index is 0.140. The molecular weight excluding hydrogens is 541 g/mol. The van der Waals surface area contributed by atoms with E-state index >= 15 is 0 Å². The number of carbonyl (C=O) groups is 1. The number of carbonyl (C=O) groups excluding carboxylic acids is 1. The van der Waals surface area contributed by atoms with E-state index in [0.717, 1.165) is 17.8 Å². The van der Waals surface area contributed by atoms with Crippen LogP contribution in [0.5, 0.6) is 0 Å². The Morgan fingerprint density at radius 3 is 1.64 bits per heavy atom. The summed E-state index contributed by atoms with van der Waals surface area (Å²) in [5.74, 6) is -1.42. The highest BCUT2D eigenvalue weighted by molar-refractivity contribution is 6.06. The van der Waals surface area contributed by atoms with Gasteiger partial charge in [0.15, 0.2) is 0 Å². The van der Waals surface area contributed by atoms with Gasteiger partial charge in [-0.2, -0.15) is 39.5 Å². The van der Waals surface area contributed by atoms with Gasteiger partial charge < -0.3 is 15.1 Å². The largest absolute Gasteiger partial charge is 0.416 e. The molecule has 4 nitrogen and oxygen atoms in total. The molecule has 0 bridgehead atoms. The van der Waals surface area contributed by atoms with E-state index in [1.807, 2.05) is 35.2 Å². The highest BCUT2D eigenvalue weighted by Crippen LogP contribution is 2.38. The fourth-order valence-corrected chi connectivity index (χ4v) is 4.21. The monoisotopic (exact) mass is 561 g/mol. The van der Waals surface area contributed by atoms with Crippen molar-refractivity contribution in [2.45, 2.75) is 18.5 Å². The van der Waals surface area contributed by atoms with Crippen LogP contribution in [0.4, 0.5) is 56.6 Å². The van der Waals surface area contributed by atoms with Crippen LogP contribution in [0, 0.1) is 0 Å². The summed E-state index contributed by atoms with van der Waals surface area (Å²) in [6.45, 7) is 1.60. The summed E-state index contributed by atoms with van der Waals surface area (Å²) in [5, 5.41) is 2.11. The Morgan fingerprint density at radius 2 is 1.13 bits per heavy atom. The molecule has 0 aliphatic carbocycles. The van der Waals surface area contributed by atoms with Crippen molar-refractivity contribution >= 4 is 23.0 Å². The predicted molar refractivity (Wildman–Crippen MR) is 127 cm³/mol. The first-order chi connectivity index (χ1) is 18.1. The number of benzene rings is 3. The molecule has 1 aliphatic rings. The van der Waals surface area contributed by atoms with Gasteiger partial charge in [-0.05, 0) is 48.5 Å². The van der Waals surface area contributed by atoms with Crippen LogP contribution >= 0.6 is 0 Å². The number of para-hydroxylation sites is 1. The minimum Gasteiger partial charge on any atom is -0.368 e. The van der Waals surface area contributed by atoms with Gasteiger partial charge in [-0.25, -0.2) is 0 Å². The van der Waals surface area contributed by atoms with Gasteiger partial charge in [0.2, 0.25) is 0 Å². The third-order valence-corrected chi connectivity index (χ3v) is 6.16. The molecule has 1 heterocycles. The fraction of sp³-hybridized carbons (Fsp3) is 0.269. The number of hydrogen-bond donors (Lipinski definition) is 1. The van der Waals surface area contributed by atoms with Crippen molar-refractivity contribution in [2.24, 2.45) is 0 Å². The first-order valence-electron chi connectivity index (χ1n) is 11.5. The number of anilines is 3. The van der Waals surface area contributed by atoms with Crippen molar-refractivity contribution in [1.82, 2.24) is 0 Å². The van der Waals surface area contributed by atoms with Gasteiger partial charge in [0.05, 0.1) is 28.1 Å². The van der Waals surface area contributed by atoms with E-state index in [1.165, 1.54) is 0 Å². The molecule has 0 atom stereocenters. The zero-order valence-corrected chi connectivity index (χ0v) is 19.9. The number of alkyl halides is 9. The molecule has 3 aromatic carbocycles. The molecule has 1 aliphatic heterocycles. The van der Waals surface area contributed by atoms with Gasteiger partial charge in [-0.1, -0.05) is 18.2 Å². The number of piperazine rings is 1. The number of amides is 1. The van der Waals surface area contributed by atoms with Crippen molar-refractivity contribution < 1.29 is 44.3 Å². The van der Waals surface area contributed by atoms with E-state index < -0.39 is 52.4 Å². The normalized spacial score (nSPS) is 14.9. The summed E-state index contributed by atoms with van der Waals surface area (Å²) >= 11 is 0. The average Bonchev–Trinajstić information content (AvgIpc) is 2.87. The van der Waals surface area contributed by atoms with Gasteiger partial charge in [0.1, 0.15) is 0 Å². The van der Waals surface area contributed by atoms with Crippen molar-refractivity contribution in [2.75, 3.05) is 41.3 Å². The second-order valence-electron chi connectivity index (χ2n) is 8.79. The maximum absolute atomic E-state index is 13.4. The van der Waals surface area contributed by atoms with E-state index in [2.05, 4.69) is 5.32 Å². The second-order valence-corrected chi connectivity index (χ2v) is 8.79. The van der Waals surface area contributed by atoms with Crippen LogP contribution in [0.3, 0.4) is 0 Å². The number of hydrogen-bond acceptors (Lipinski definition) is 3. The number of halogens is 9. The van der Waals surface area contributed by atoms with Crippen molar-refractivity contribution in [1.29, 1.82) is 0 Å². The standard InChI is InChI=1S/C26H20F9N3O/c27-24(28,29)17-6-7-22(38-10-8-37(9-11-38)20-4-2-1-3-5-20)21(15-17)36-23(39)16-12-18(25(30,31)32)14-19(13-16)26(33,34)35/h1-7,12-15H,8-11H2,(H,36,39). The number of nitrogens with one attached hydrogen (secondary N) is 1. The zero-order valence-electron chi connectivity index (χ0n) is 19.9. The molecule has 0 aromatic heterocycles. The van der Waals surface area contributed by atoms with Gasteiger partial charge >= 0.3 is 18.5 Å². The molecule has 4 rings (SSSR count). The van der Waals surface area contributed by atoms with Crippen LogP contribution in [-0.4, -0.2) is 32.1 Å². The summed E-state index contributed by atoms with van der Waals surface area (Å²) < 4.78 is 120. The lowest BCUT2D eigenvalue weighted by Gasteiger charge is -2.38. The molecule has 1 N–H and O–H groups in total. The SMILES string of the molecule is O=C(Nc1cc(C(F)(F)F)ccc1N1CCN(c2ccccc2)CC1)c1cc(C(F)(F)F)cc(C(F)(F)F)c1. The van der Waals surface area contributed by atoms with Crippen LogP contribution in [0.15, 0.2) is 66.7 Å². The second kappa shape index (κ2) is 10.3. The summed E-state index contributed by atoms with van der Waals surface area (Å²) in [7, 11) is 0. The third kappa shape index (κ3) is 6.58. The molecule has 1 amide bonds.